The molecule has 1 unspecified atom stereocenters. The van der Waals surface area contributed by atoms with Crippen LogP contribution < -0.4 is 0 Å². The van der Waals surface area contributed by atoms with Gasteiger partial charge in [0.2, 0.25) is 5.95 Å². The van der Waals surface area contributed by atoms with E-state index in [1.54, 1.807) is 14.0 Å². The van der Waals surface area contributed by atoms with Crippen molar-refractivity contribution < 1.29 is 14.3 Å². The Kier molecular flexibility index (Phi) is 4.37. The summed E-state index contributed by atoms with van der Waals surface area (Å²) in [5.74, 6) is -1.19. The molecule has 0 spiro atoms. The highest BCUT2D eigenvalue weighted by molar-refractivity contribution is 5.93. The lowest BCUT2D eigenvalue weighted by Gasteiger charge is -2.17. The van der Waals surface area contributed by atoms with Crippen LogP contribution in [-0.4, -0.2) is 40.6 Å². The van der Waals surface area contributed by atoms with Gasteiger partial charge in [0, 0.05) is 19.8 Å². The summed E-state index contributed by atoms with van der Waals surface area (Å²) in [5.41, 5.74) is -0.0457. The van der Waals surface area contributed by atoms with Crippen LogP contribution in [-0.2, 0) is 0 Å². The third-order valence-corrected chi connectivity index (χ3v) is 2.22. The maximum Gasteiger partial charge on any atom is 0.258 e. The Morgan fingerprint density at radius 3 is 2.94 bits per heavy atom. The fourth-order valence-electron chi connectivity index (χ4n) is 1.23. The predicted octanol–water partition coefficient (Wildman–Crippen LogP) is 1.06. The summed E-state index contributed by atoms with van der Waals surface area (Å²) in [7, 11) is 1.57. The summed E-state index contributed by atoms with van der Waals surface area (Å²) in [6.45, 7) is 2.02. The Balaban J connectivity index is 2.67. The quantitative estimate of drug-likeness (QED) is 0.781. The normalized spacial score (nSPS) is 12.2. The summed E-state index contributed by atoms with van der Waals surface area (Å²) in [4.78, 5) is 16.5. The van der Waals surface area contributed by atoms with Crippen LogP contribution in [0.15, 0.2) is 18.3 Å². The Bertz CT molecular complexity index is 369. The zero-order chi connectivity index (χ0) is 12.1. The first-order valence-corrected chi connectivity index (χ1v) is 5.06. The Morgan fingerprint density at radius 1 is 1.69 bits per heavy atom. The standard InChI is InChI=1S/C11H15FN2O2/c1-8(15)5-7-14(2)11(16)9-4-3-6-13-10(9)12/h3-4,6,8,15H,5,7H2,1-2H3. The van der Waals surface area contributed by atoms with Gasteiger partial charge < -0.3 is 10.0 Å². The van der Waals surface area contributed by atoms with Crippen LogP contribution in [0, 0.1) is 5.95 Å². The SMILES string of the molecule is CC(O)CCN(C)C(=O)c1cccnc1F. The number of amides is 1. The molecule has 1 heterocycles. The third kappa shape index (κ3) is 3.27. The molecule has 0 saturated carbocycles. The zero-order valence-corrected chi connectivity index (χ0v) is 9.35. The molecule has 0 aromatic carbocycles. The van der Waals surface area contributed by atoms with Gasteiger partial charge in [-0.3, -0.25) is 4.79 Å². The van der Waals surface area contributed by atoms with Crippen molar-refractivity contribution in [1.82, 2.24) is 9.88 Å². The molecular weight excluding hydrogens is 211 g/mol. The van der Waals surface area contributed by atoms with E-state index in [2.05, 4.69) is 4.98 Å². The minimum absolute atomic E-state index is 0.0457. The topological polar surface area (TPSA) is 53.4 Å². The number of aliphatic hydroxyl groups is 1. The third-order valence-electron chi connectivity index (χ3n) is 2.22. The molecule has 1 aromatic heterocycles. The van der Waals surface area contributed by atoms with Crippen molar-refractivity contribution in [2.24, 2.45) is 0 Å². The van der Waals surface area contributed by atoms with Gasteiger partial charge in [0.25, 0.3) is 5.91 Å². The molecule has 0 aliphatic rings. The van der Waals surface area contributed by atoms with Crippen LogP contribution in [0.5, 0.6) is 0 Å². The van der Waals surface area contributed by atoms with Crippen molar-refractivity contribution in [3.05, 3.63) is 29.8 Å². The molecule has 0 saturated heterocycles. The van der Waals surface area contributed by atoms with Crippen molar-refractivity contribution in [3.8, 4) is 0 Å². The molecule has 1 atom stereocenters. The number of rotatable bonds is 4. The van der Waals surface area contributed by atoms with E-state index in [0.717, 1.165) is 0 Å². The molecule has 16 heavy (non-hydrogen) atoms. The minimum Gasteiger partial charge on any atom is -0.393 e. The average molecular weight is 226 g/mol. The van der Waals surface area contributed by atoms with Gasteiger partial charge in [-0.05, 0) is 25.5 Å². The maximum absolute atomic E-state index is 13.2. The monoisotopic (exact) mass is 226 g/mol. The fraction of sp³-hybridized carbons (Fsp3) is 0.455. The Morgan fingerprint density at radius 2 is 2.38 bits per heavy atom. The number of aliphatic hydroxyl groups excluding tert-OH is 1. The van der Waals surface area contributed by atoms with E-state index in [0.29, 0.717) is 13.0 Å². The first kappa shape index (κ1) is 12.6. The van der Waals surface area contributed by atoms with Crippen LogP contribution in [0.1, 0.15) is 23.7 Å². The zero-order valence-electron chi connectivity index (χ0n) is 9.35. The van der Waals surface area contributed by atoms with Gasteiger partial charge in [0.15, 0.2) is 0 Å². The second-order valence-electron chi connectivity index (χ2n) is 3.71. The Hall–Kier alpha value is -1.49. The molecule has 4 nitrogen and oxygen atoms in total. The van der Waals surface area contributed by atoms with Crippen molar-refractivity contribution >= 4 is 5.91 Å². The number of halogens is 1. The summed E-state index contributed by atoms with van der Waals surface area (Å²) in [6, 6.07) is 2.91. The Labute approximate surface area is 93.7 Å². The van der Waals surface area contributed by atoms with Crippen molar-refractivity contribution in [2.45, 2.75) is 19.4 Å². The molecular formula is C11H15FN2O2. The number of hydrogen-bond acceptors (Lipinski definition) is 3. The molecule has 1 amide bonds. The molecule has 1 rings (SSSR count). The highest BCUT2D eigenvalue weighted by atomic mass is 19.1. The van der Waals surface area contributed by atoms with Crippen LogP contribution in [0.25, 0.3) is 0 Å². The minimum atomic E-state index is -0.767. The van der Waals surface area contributed by atoms with Crippen LogP contribution in [0.4, 0.5) is 4.39 Å². The van der Waals surface area contributed by atoms with Crippen LogP contribution >= 0.6 is 0 Å². The van der Waals surface area contributed by atoms with Gasteiger partial charge in [0.05, 0.1) is 11.7 Å². The molecule has 0 bridgehead atoms. The smallest absolute Gasteiger partial charge is 0.258 e. The lowest BCUT2D eigenvalue weighted by molar-refractivity contribution is 0.0763. The second-order valence-corrected chi connectivity index (χ2v) is 3.71. The number of aromatic nitrogens is 1. The largest absolute Gasteiger partial charge is 0.393 e. The first-order chi connectivity index (χ1) is 7.52. The number of nitrogens with zero attached hydrogens (tertiary/aromatic N) is 2. The number of carbonyl (C=O) groups excluding carboxylic acids is 1. The lowest BCUT2D eigenvalue weighted by Crippen LogP contribution is -2.30. The van der Waals surface area contributed by atoms with Crippen LogP contribution in [0.3, 0.4) is 0 Å². The van der Waals surface area contributed by atoms with Crippen molar-refractivity contribution in [2.75, 3.05) is 13.6 Å². The molecule has 0 fully saturated rings. The van der Waals surface area contributed by atoms with E-state index in [9.17, 15) is 9.18 Å². The summed E-state index contributed by atoms with van der Waals surface area (Å²) in [6.07, 6.45) is 1.28. The second kappa shape index (κ2) is 5.55. The first-order valence-electron chi connectivity index (χ1n) is 5.06. The van der Waals surface area contributed by atoms with E-state index in [1.165, 1.54) is 23.2 Å². The molecule has 1 N–H and O–H groups in total. The predicted molar refractivity (Wildman–Crippen MR) is 57.5 cm³/mol. The summed E-state index contributed by atoms with van der Waals surface area (Å²) in [5, 5.41) is 9.08. The van der Waals surface area contributed by atoms with E-state index in [4.69, 9.17) is 5.11 Å². The molecule has 1 aromatic rings. The van der Waals surface area contributed by atoms with E-state index < -0.39 is 18.0 Å². The number of pyridine rings is 1. The maximum atomic E-state index is 13.2. The van der Waals surface area contributed by atoms with Crippen molar-refractivity contribution in [3.63, 3.8) is 0 Å². The number of hydrogen-bond donors (Lipinski definition) is 1. The highest BCUT2D eigenvalue weighted by Crippen LogP contribution is 2.07. The average Bonchev–Trinajstić information content (AvgIpc) is 2.25. The molecule has 88 valence electrons. The van der Waals surface area contributed by atoms with E-state index in [-0.39, 0.29) is 5.56 Å². The van der Waals surface area contributed by atoms with Gasteiger partial charge >= 0.3 is 0 Å². The van der Waals surface area contributed by atoms with Gasteiger partial charge in [0.1, 0.15) is 0 Å². The highest BCUT2D eigenvalue weighted by Gasteiger charge is 2.16. The van der Waals surface area contributed by atoms with Gasteiger partial charge in [-0.1, -0.05) is 0 Å². The van der Waals surface area contributed by atoms with Crippen molar-refractivity contribution in [1.29, 1.82) is 0 Å². The van der Waals surface area contributed by atoms with Gasteiger partial charge in [-0.15, -0.1) is 0 Å². The molecule has 5 heteroatoms. The molecule has 0 radical (unpaired) electrons. The lowest BCUT2D eigenvalue weighted by atomic mass is 10.2. The van der Waals surface area contributed by atoms with E-state index >= 15 is 0 Å². The molecule has 0 aliphatic carbocycles. The molecule has 0 aliphatic heterocycles. The van der Waals surface area contributed by atoms with Gasteiger partial charge in [-0.2, -0.15) is 4.39 Å². The number of carbonyl (C=O) groups is 1. The van der Waals surface area contributed by atoms with Gasteiger partial charge in [-0.25, -0.2) is 4.98 Å². The summed E-state index contributed by atoms with van der Waals surface area (Å²) < 4.78 is 13.2. The summed E-state index contributed by atoms with van der Waals surface area (Å²) >= 11 is 0. The van der Waals surface area contributed by atoms with E-state index in [1.807, 2.05) is 0 Å². The van der Waals surface area contributed by atoms with Crippen LogP contribution in [0.2, 0.25) is 0 Å². The fourth-order valence-corrected chi connectivity index (χ4v) is 1.23.